The lowest BCUT2D eigenvalue weighted by Crippen LogP contribution is -2.39. The van der Waals surface area contributed by atoms with Crippen LogP contribution in [-0.2, 0) is 9.59 Å². The van der Waals surface area contributed by atoms with Crippen LogP contribution in [0.1, 0.15) is 13.3 Å². The molecule has 0 rings (SSSR count). The van der Waals surface area contributed by atoms with Gasteiger partial charge >= 0.3 is 5.97 Å². The van der Waals surface area contributed by atoms with Crippen molar-refractivity contribution in [2.75, 3.05) is 6.54 Å². The Bertz CT molecular complexity index is 155. The molecule has 0 aliphatic heterocycles. The van der Waals surface area contributed by atoms with E-state index in [0.717, 1.165) is 0 Å². The summed E-state index contributed by atoms with van der Waals surface area (Å²) < 4.78 is 0. The van der Waals surface area contributed by atoms with Crippen LogP contribution in [0.25, 0.3) is 0 Å². The second-order valence-electron chi connectivity index (χ2n) is 2.57. The van der Waals surface area contributed by atoms with E-state index in [1.165, 1.54) is 6.92 Å². The minimum absolute atomic E-state index is 0.0528. The Balaban J connectivity index is 3.78. The van der Waals surface area contributed by atoms with Crippen molar-refractivity contribution in [2.24, 2.45) is 0 Å². The zero-order chi connectivity index (χ0) is 8.91. The van der Waals surface area contributed by atoms with Crippen molar-refractivity contribution in [3.8, 4) is 0 Å². The standard InChI is InChI=1S/C6H11NO4/c1-6(11,2-5(9)10)3-7-4-8/h4,11H,2-3H2,1H3,(H,7,8)(H,9,10). The van der Waals surface area contributed by atoms with E-state index < -0.39 is 11.6 Å². The lowest BCUT2D eigenvalue weighted by Gasteiger charge is -2.19. The first-order valence-corrected chi connectivity index (χ1v) is 3.09. The second kappa shape index (κ2) is 3.92. The van der Waals surface area contributed by atoms with Crippen LogP contribution in [0.5, 0.6) is 0 Å². The molecule has 1 amide bonds. The molecule has 0 bridgehead atoms. The third kappa shape index (κ3) is 5.35. The Morgan fingerprint density at radius 2 is 2.27 bits per heavy atom. The highest BCUT2D eigenvalue weighted by molar-refractivity contribution is 5.68. The number of aliphatic hydroxyl groups is 1. The van der Waals surface area contributed by atoms with Gasteiger partial charge in [-0.05, 0) is 6.92 Å². The summed E-state index contributed by atoms with van der Waals surface area (Å²) in [5.41, 5.74) is -1.37. The molecule has 3 N–H and O–H groups in total. The van der Waals surface area contributed by atoms with Gasteiger partial charge in [0.05, 0.1) is 12.0 Å². The van der Waals surface area contributed by atoms with Gasteiger partial charge in [0.15, 0.2) is 0 Å². The molecule has 0 aromatic carbocycles. The van der Waals surface area contributed by atoms with Crippen LogP contribution in [0, 0.1) is 0 Å². The molecular weight excluding hydrogens is 150 g/mol. The Morgan fingerprint density at radius 3 is 2.64 bits per heavy atom. The molecule has 1 unspecified atom stereocenters. The Morgan fingerprint density at radius 1 is 1.73 bits per heavy atom. The third-order valence-electron chi connectivity index (χ3n) is 1.10. The van der Waals surface area contributed by atoms with E-state index in [9.17, 15) is 14.7 Å². The van der Waals surface area contributed by atoms with Gasteiger partial charge in [0.25, 0.3) is 0 Å². The first-order valence-electron chi connectivity index (χ1n) is 3.09. The number of rotatable bonds is 5. The molecule has 0 aliphatic rings. The fourth-order valence-corrected chi connectivity index (χ4v) is 0.650. The maximum absolute atomic E-state index is 10.1. The second-order valence-corrected chi connectivity index (χ2v) is 2.57. The summed E-state index contributed by atoms with van der Waals surface area (Å²) in [6, 6.07) is 0. The first-order chi connectivity index (χ1) is 4.98. The van der Waals surface area contributed by atoms with Gasteiger partial charge in [-0.25, -0.2) is 0 Å². The first kappa shape index (κ1) is 9.90. The summed E-state index contributed by atoms with van der Waals surface area (Å²) in [6.45, 7) is 1.29. The van der Waals surface area contributed by atoms with E-state index in [-0.39, 0.29) is 13.0 Å². The average Bonchev–Trinajstić information content (AvgIpc) is 1.81. The highest BCUT2D eigenvalue weighted by atomic mass is 16.4. The van der Waals surface area contributed by atoms with Gasteiger partial charge in [0.2, 0.25) is 6.41 Å². The minimum atomic E-state index is -1.37. The molecule has 5 heteroatoms. The molecule has 0 aliphatic carbocycles. The summed E-state index contributed by atoms with van der Waals surface area (Å²) in [4.78, 5) is 19.9. The average molecular weight is 161 g/mol. The fourth-order valence-electron chi connectivity index (χ4n) is 0.650. The summed E-state index contributed by atoms with van der Waals surface area (Å²) in [7, 11) is 0. The summed E-state index contributed by atoms with van der Waals surface area (Å²) in [6.07, 6.45) is 0.0319. The molecule has 0 fully saturated rings. The maximum atomic E-state index is 10.1. The third-order valence-corrected chi connectivity index (χ3v) is 1.10. The zero-order valence-electron chi connectivity index (χ0n) is 6.20. The number of carboxylic acid groups (broad SMARTS) is 1. The molecule has 0 aromatic heterocycles. The minimum Gasteiger partial charge on any atom is -0.481 e. The van der Waals surface area contributed by atoms with Crippen LogP contribution >= 0.6 is 0 Å². The Labute approximate surface area is 64.0 Å². The summed E-state index contributed by atoms with van der Waals surface area (Å²) in [5.74, 6) is -1.09. The molecule has 64 valence electrons. The van der Waals surface area contributed by atoms with Gasteiger partial charge in [-0.1, -0.05) is 0 Å². The van der Waals surface area contributed by atoms with Gasteiger partial charge in [0.1, 0.15) is 0 Å². The van der Waals surface area contributed by atoms with Crippen molar-refractivity contribution in [1.29, 1.82) is 0 Å². The lowest BCUT2D eigenvalue weighted by molar-refractivity contribution is -0.142. The van der Waals surface area contributed by atoms with Crippen LogP contribution in [-0.4, -0.2) is 34.7 Å². The van der Waals surface area contributed by atoms with E-state index in [4.69, 9.17) is 5.11 Å². The van der Waals surface area contributed by atoms with Gasteiger partial charge in [0, 0.05) is 6.54 Å². The van der Waals surface area contributed by atoms with E-state index in [1.54, 1.807) is 0 Å². The van der Waals surface area contributed by atoms with Crippen LogP contribution < -0.4 is 5.32 Å². The SMILES string of the molecule is CC(O)(CNC=O)CC(=O)O. The molecule has 1 atom stereocenters. The number of carboxylic acids is 1. The molecule has 0 radical (unpaired) electrons. The molecule has 0 aromatic rings. The number of aliphatic carboxylic acids is 1. The fraction of sp³-hybridized carbons (Fsp3) is 0.667. The number of hydrogen-bond acceptors (Lipinski definition) is 3. The van der Waals surface area contributed by atoms with Crippen molar-refractivity contribution >= 4 is 12.4 Å². The van der Waals surface area contributed by atoms with E-state index in [0.29, 0.717) is 6.41 Å². The molecular formula is C6H11NO4. The van der Waals surface area contributed by atoms with E-state index in [2.05, 4.69) is 5.32 Å². The van der Waals surface area contributed by atoms with Crippen molar-refractivity contribution in [1.82, 2.24) is 5.32 Å². The molecule has 0 saturated heterocycles. The van der Waals surface area contributed by atoms with Gasteiger partial charge < -0.3 is 15.5 Å². The Kier molecular flexibility index (Phi) is 3.53. The van der Waals surface area contributed by atoms with Crippen LogP contribution in [0.15, 0.2) is 0 Å². The Hall–Kier alpha value is -1.10. The van der Waals surface area contributed by atoms with Gasteiger partial charge in [-0.2, -0.15) is 0 Å². The predicted octanol–water partition coefficient (Wildman–Crippen LogP) is -1.04. The van der Waals surface area contributed by atoms with Gasteiger partial charge in [-0.3, -0.25) is 9.59 Å². The van der Waals surface area contributed by atoms with Crippen molar-refractivity contribution < 1.29 is 19.8 Å². The van der Waals surface area contributed by atoms with E-state index in [1.807, 2.05) is 0 Å². The zero-order valence-corrected chi connectivity index (χ0v) is 6.20. The van der Waals surface area contributed by atoms with Crippen LogP contribution in [0.2, 0.25) is 0 Å². The number of hydrogen-bond donors (Lipinski definition) is 3. The van der Waals surface area contributed by atoms with Crippen molar-refractivity contribution in [3.63, 3.8) is 0 Å². The largest absolute Gasteiger partial charge is 0.481 e. The number of amides is 1. The molecule has 5 nitrogen and oxygen atoms in total. The topological polar surface area (TPSA) is 86.6 Å². The molecule has 0 saturated carbocycles. The van der Waals surface area contributed by atoms with Crippen LogP contribution in [0.4, 0.5) is 0 Å². The number of nitrogens with one attached hydrogen (secondary N) is 1. The van der Waals surface area contributed by atoms with Crippen molar-refractivity contribution in [2.45, 2.75) is 18.9 Å². The number of carbonyl (C=O) groups excluding carboxylic acids is 1. The molecule has 11 heavy (non-hydrogen) atoms. The lowest BCUT2D eigenvalue weighted by atomic mass is 10.0. The van der Waals surface area contributed by atoms with E-state index >= 15 is 0 Å². The summed E-state index contributed by atoms with van der Waals surface area (Å²) in [5, 5.41) is 19.7. The molecule has 0 spiro atoms. The smallest absolute Gasteiger partial charge is 0.306 e. The normalized spacial score (nSPS) is 15.1. The van der Waals surface area contributed by atoms with Crippen LogP contribution in [0.3, 0.4) is 0 Å². The van der Waals surface area contributed by atoms with Gasteiger partial charge in [-0.15, -0.1) is 0 Å². The quantitative estimate of drug-likeness (QED) is 0.449. The maximum Gasteiger partial charge on any atom is 0.306 e. The highest BCUT2D eigenvalue weighted by Gasteiger charge is 2.23. The van der Waals surface area contributed by atoms with Crippen molar-refractivity contribution in [3.05, 3.63) is 0 Å². The molecule has 0 heterocycles. The monoisotopic (exact) mass is 161 g/mol. The summed E-state index contributed by atoms with van der Waals surface area (Å²) >= 11 is 0. The number of carbonyl (C=O) groups is 2. The predicted molar refractivity (Wildman–Crippen MR) is 36.9 cm³/mol. The highest BCUT2D eigenvalue weighted by Crippen LogP contribution is 2.06.